The molecule has 1 saturated heterocycles. The third-order valence-electron chi connectivity index (χ3n) is 5.46. The van der Waals surface area contributed by atoms with Crippen LogP contribution >= 0.6 is 0 Å². The van der Waals surface area contributed by atoms with E-state index in [-0.39, 0.29) is 11.9 Å². The number of carbonyl (C=O) groups is 1. The van der Waals surface area contributed by atoms with Crippen LogP contribution in [0, 0.1) is 13.8 Å². The number of nitrogens with one attached hydrogen (secondary N) is 1. The molecule has 3 aromatic rings. The fraction of sp³-hybridized carbons (Fsp3) is 0.375. The fourth-order valence-corrected chi connectivity index (χ4v) is 3.64. The maximum atomic E-state index is 12.5. The molecule has 0 bridgehead atoms. The standard InChI is InChI=1S/C24H28N4O3/c1-17-6-8-19(9-7-17)15-25-24(29)28-12-10-20(16-28)23-26-22(27-31-23)11-13-30-21-5-3-4-18(2)14-21/h3-9,14,20H,10-13,15-16H2,1-2H3,(H,25,29). The van der Waals surface area contributed by atoms with Gasteiger partial charge >= 0.3 is 6.03 Å². The van der Waals surface area contributed by atoms with Crippen molar-refractivity contribution >= 4 is 6.03 Å². The van der Waals surface area contributed by atoms with E-state index in [0.29, 0.717) is 44.4 Å². The molecule has 0 aliphatic carbocycles. The van der Waals surface area contributed by atoms with Gasteiger partial charge in [-0.25, -0.2) is 4.79 Å². The van der Waals surface area contributed by atoms with Crippen LogP contribution in [0.1, 0.15) is 40.7 Å². The Morgan fingerprint density at radius 2 is 2.03 bits per heavy atom. The van der Waals surface area contributed by atoms with E-state index < -0.39 is 0 Å². The highest BCUT2D eigenvalue weighted by molar-refractivity contribution is 5.74. The van der Waals surface area contributed by atoms with Crippen molar-refractivity contribution in [2.75, 3.05) is 19.7 Å². The van der Waals surface area contributed by atoms with Crippen LogP contribution in [0.4, 0.5) is 4.79 Å². The van der Waals surface area contributed by atoms with E-state index in [0.717, 1.165) is 23.3 Å². The van der Waals surface area contributed by atoms with Gasteiger partial charge in [0.15, 0.2) is 5.82 Å². The fourth-order valence-electron chi connectivity index (χ4n) is 3.64. The van der Waals surface area contributed by atoms with Crippen LogP contribution in [0.2, 0.25) is 0 Å². The Balaban J connectivity index is 1.23. The Kier molecular flexibility index (Phi) is 6.50. The predicted molar refractivity (Wildman–Crippen MR) is 117 cm³/mol. The van der Waals surface area contributed by atoms with E-state index in [4.69, 9.17) is 9.26 Å². The summed E-state index contributed by atoms with van der Waals surface area (Å²) in [5.41, 5.74) is 3.45. The molecule has 0 saturated carbocycles. The highest BCUT2D eigenvalue weighted by Gasteiger charge is 2.31. The molecule has 1 aliphatic heterocycles. The zero-order valence-electron chi connectivity index (χ0n) is 18.0. The minimum absolute atomic E-state index is 0.0608. The molecule has 1 N–H and O–H groups in total. The summed E-state index contributed by atoms with van der Waals surface area (Å²) >= 11 is 0. The number of likely N-dealkylation sites (tertiary alicyclic amines) is 1. The Labute approximate surface area is 182 Å². The smallest absolute Gasteiger partial charge is 0.317 e. The van der Waals surface area contributed by atoms with Gasteiger partial charge in [-0.1, -0.05) is 47.1 Å². The highest BCUT2D eigenvalue weighted by atomic mass is 16.5. The average molecular weight is 421 g/mol. The van der Waals surface area contributed by atoms with Crippen molar-refractivity contribution in [2.24, 2.45) is 0 Å². The Bertz CT molecular complexity index is 1020. The number of benzene rings is 2. The number of aromatic nitrogens is 2. The summed E-state index contributed by atoms with van der Waals surface area (Å²) in [6.45, 7) is 6.35. The van der Waals surface area contributed by atoms with E-state index in [1.807, 2.05) is 67.3 Å². The summed E-state index contributed by atoms with van der Waals surface area (Å²) < 4.78 is 11.2. The Morgan fingerprint density at radius 3 is 2.84 bits per heavy atom. The van der Waals surface area contributed by atoms with Crippen LogP contribution in [0.15, 0.2) is 53.1 Å². The first-order valence-corrected chi connectivity index (χ1v) is 10.7. The van der Waals surface area contributed by atoms with E-state index in [2.05, 4.69) is 15.5 Å². The van der Waals surface area contributed by atoms with Crippen molar-refractivity contribution in [3.05, 3.63) is 76.9 Å². The number of urea groups is 1. The van der Waals surface area contributed by atoms with Gasteiger partial charge < -0.3 is 19.5 Å². The molecule has 1 aliphatic rings. The highest BCUT2D eigenvalue weighted by Crippen LogP contribution is 2.26. The summed E-state index contributed by atoms with van der Waals surface area (Å²) in [6.07, 6.45) is 1.39. The number of carbonyl (C=O) groups excluding carboxylic acids is 1. The van der Waals surface area contributed by atoms with Crippen molar-refractivity contribution < 1.29 is 14.1 Å². The monoisotopic (exact) mass is 420 g/mol. The summed E-state index contributed by atoms with van der Waals surface area (Å²) in [5.74, 6) is 2.14. The first-order chi connectivity index (χ1) is 15.1. The maximum absolute atomic E-state index is 12.5. The van der Waals surface area contributed by atoms with Gasteiger partial charge in [0.25, 0.3) is 0 Å². The zero-order valence-corrected chi connectivity index (χ0v) is 18.0. The third kappa shape index (κ3) is 5.63. The number of hydrogen-bond donors (Lipinski definition) is 1. The van der Waals surface area contributed by atoms with Crippen LogP contribution in [0.3, 0.4) is 0 Å². The molecular weight excluding hydrogens is 392 g/mol. The van der Waals surface area contributed by atoms with Crippen molar-refractivity contribution in [2.45, 2.75) is 39.2 Å². The summed E-state index contributed by atoms with van der Waals surface area (Å²) in [4.78, 5) is 18.8. The van der Waals surface area contributed by atoms with Gasteiger partial charge in [-0.15, -0.1) is 0 Å². The topological polar surface area (TPSA) is 80.5 Å². The van der Waals surface area contributed by atoms with Crippen molar-refractivity contribution in [3.63, 3.8) is 0 Å². The van der Waals surface area contributed by atoms with Crippen molar-refractivity contribution in [1.82, 2.24) is 20.4 Å². The van der Waals surface area contributed by atoms with Gasteiger partial charge in [0.05, 0.1) is 12.5 Å². The molecule has 2 amide bonds. The molecule has 1 atom stereocenters. The van der Waals surface area contributed by atoms with Gasteiger partial charge in [0.1, 0.15) is 5.75 Å². The van der Waals surface area contributed by atoms with Gasteiger partial charge in [-0.05, 0) is 43.5 Å². The number of hydrogen-bond acceptors (Lipinski definition) is 5. The molecule has 1 unspecified atom stereocenters. The number of ether oxygens (including phenoxy) is 1. The van der Waals surface area contributed by atoms with E-state index in [1.165, 1.54) is 5.56 Å². The molecule has 1 aromatic heterocycles. The molecule has 7 nitrogen and oxygen atoms in total. The van der Waals surface area contributed by atoms with Crippen LogP contribution < -0.4 is 10.1 Å². The van der Waals surface area contributed by atoms with Gasteiger partial charge in [0.2, 0.25) is 5.89 Å². The molecule has 162 valence electrons. The lowest BCUT2D eigenvalue weighted by Crippen LogP contribution is -2.37. The SMILES string of the molecule is Cc1ccc(CNC(=O)N2CCC(c3nc(CCOc4cccc(C)c4)no3)C2)cc1. The molecule has 4 rings (SSSR count). The van der Waals surface area contributed by atoms with Gasteiger partial charge in [-0.2, -0.15) is 4.98 Å². The molecule has 0 radical (unpaired) electrons. The molecule has 7 heteroatoms. The number of rotatable bonds is 7. The van der Waals surface area contributed by atoms with Gasteiger partial charge in [-0.3, -0.25) is 0 Å². The van der Waals surface area contributed by atoms with Crippen LogP contribution in [-0.2, 0) is 13.0 Å². The second-order valence-corrected chi connectivity index (χ2v) is 8.04. The van der Waals surface area contributed by atoms with E-state index in [1.54, 1.807) is 0 Å². The van der Waals surface area contributed by atoms with Crippen LogP contribution in [0.25, 0.3) is 0 Å². The lowest BCUT2D eigenvalue weighted by Gasteiger charge is -2.16. The Morgan fingerprint density at radius 1 is 1.19 bits per heavy atom. The summed E-state index contributed by atoms with van der Waals surface area (Å²) in [6, 6.07) is 16.0. The van der Waals surface area contributed by atoms with Gasteiger partial charge in [0, 0.05) is 26.1 Å². The second kappa shape index (κ2) is 9.64. The zero-order chi connectivity index (χ0) is 21.6. The molecule has 1 fully saturated rings. The number of amides is 2. The van der Waals surface area contributed by atoms with Crippen LogP contribution in [-0.4, -0.2) is 40.8 Å². The minimum Gasteiger partial charge on any atom is -0.493 e. The first kappa shape index (κ1) is 20.9. The number of aryl methyl sites for hydroxylation is 2. The maximum Gasteiger partial charge on any atom is 0.317 e. The minimum atomic E-state index is -0.0608. The molecular formula is C24H28N4O3. The molecule has 2 heterocycles. The molecule has 0 spiro atoms. The summed E-state index contributed by atoms with van der Waals surface area (Å²) in [5, 5.41) is 7.07. The average Bonchev–Trinajstić information content (AvgIpc) is 3.43. The first-order valence-electron chi connectivity index (χ1n) is 10.7. The third-order valence-corrected chi connectivity index (χ3v) is 5.46. The van der Waals surface area contributed by atoms with Crippen molar-refractivity contribution in [1.29, 1.82) is 0 Å². The lowest BCUT2D eigenvalue weighted by molar-refractivity contribution is 0.207. The normalized spacial score (nSPS) is 15.8. The largest absolute Gasteiger partial charge is 0.493 e. The second-order valence-electron chi connectivity index (χ2n) is 8.04. The lowest BCUT2D eigenvalue weighted by atomic mass is 10.1. The van der Waals surface area contributed by atoms with Crippen LogP contribution in [0.5, 0.6) is 5.75 Å². The Hall–Kier alpha value is -3.35. The number of nitrogens with zero attached hydrogens (tertiary/aromatic N) is 3. The summed E-state index contributed by atoms with van der Waals surface area (Å²) in [7, 11) is 0. The predicted octanol–water partition coefficient (Wildman–Crippen LogP) is 4.01. The van der Waals surface area contributed by atoms with Crippen molar-refractivity contribution in [3.8, 4) is 5.75 Å². The molecule has 31 heavy (non-hydrogen) atoms. The van der Waals surface area contributed by atoms with E-state index >= 15 is 0 Å². The molecule has 2 aromatic carbocycles. The quantitative estimate of drug-likeness (QED) is 0.625. The van der Waals surface area contributed by atoms with E-state index in [9.17, 15) is 4.79 Å².